The molecule has 24 heavy (non-hydrogen) atoms. The lowest BCUT2D eigenvalue weighted by molar-refractivity contribution is -0.132. The number of fused-ring (bicyclic) bond motifs is 1. The summed E-state index contributed by atoms with van der Waals surface area (Å²) in [6.45, 7) is 3.79. The van der Waals surface area contributed by atoms with Crippen molar-refractivity contribution in [2.75, 3.05) is 20.1 Å². The first-order chi connectivity index (χ1) is 10.7. The molecule has 0 atom stereocenters. The normalized spacial score (nSPS) is 15.0. The number of imidazole rings is 1. The lowest BCUT2D eigenvalue weighted by atomic mass is 10.0. The number of carbonyl (C=O) groups excluding carboxylic acids is 1. The van der Waals surface area contributed by atoms with Gasteiger partial charge >= 0.3 is 0 Å². The summed E-state index contributed by atoms with van der Waals surface area (Å²) >= 11 is 0. The summed E-state index contributed by atoms with van der Waals surface area (Å²) in [7, 11) is 1.99. The minimum absolute atomic E-state index is 0. The molecule has 1 aromatic carbocycles. The second kappa shape index (κ2) is 9.25. The molecule has 2 N–H and O–H groups in total. The van der Waals surface area contributed by atoms with Gasteiger partial charge in [0.15, 0.2) is 0 Å². The summed E-state index contributed by atoms with van der Waals surface area (Å²) in [4.78, 5) is 22.2. The number of hydrogen-bond donors (Lipinski definition) is 2. The molecule has 2 heterocycles. The van der Waals surface area contributed by atoms with Crippen molar-refractivity contribution in [3.05, 3.63) is 29.6 Å². The number of nitrogens with one attached hydrogen (secondary N) is 2. The molecule has 0 radical (unpaired) electrons. The van der Waals surface area contributed by atoms with Gasteiger partial charge in [0, 0.05) is 32.0 Å². The van der Waals surface area contributed by atoms with E-state index >= 15 is 0 Å². The van der Waals surface area contributed by atoms with Crippen LogP contribution in [0.3, 0.4) is 0 Å². The van der Waals surface area contributed by atoms with Crippen molar-refractivity contribution >= 4 is 41.8 Å². The highest BCUT2D eigenvalue weighted by Gasteiger charge is 2.21. The number of benzene rings is 1. The number of amides is 1. The summed E-state index contributed by atoms with van der Waals surface area (Å²) in [6.07, 6.45) is 3.31. The van der Waals surface area contributed by atoms with Gasteiger partial charge < -0.3 is 15.2 Å². The van der Waals surface area contributed by atoms with Crippen molar-refractivity contribution in [2.24, 2.45) is 0 Å². The van der Waals surface area contributed by atoms with Crippen LogP contribution in [0.15, 0.2) is 18.2 Å². The molecule has 1 aliphatic rings. The van der Waals surface area contributed by atoms with Gasteiger partial charge in [-0.15, -0.1) is 24.8 Å². The first kappa shape index (κ1) is 20.7. The molecule has 1 saturated heterocycles. The van der Waals surface area contributed by atoms with Crippen LogP contribution in [0, 0.1) is 6.92 Å². The quantitative estimate of drug-likeness (QED) is 0.867. The minimum Gasteiger partial charge on any atom is -0.343 e. The number of halogens is 2. The third-order valence-corrected chi connectivity index (χ3v) is 4.60. The van der Waals surface area contributed by atoms with Crippen LogP contribution in [0.2, 0.25) is 0 Å². The Kier molecular flexibility index (Phi) is 8.00. The second-order valence-electron chi connectivity index (χ2n) is 6.10. The van der Waals surface area contributed by atoms with Crippen LogP contribution in [0.1, 0.15) is 30.7 Å². The maximum Gasteiger partial charge on any atom is 0.223 e. The number of nitrogens with zero attached hydrogens (tertiary/aromatic N) is 2. The average Bonchev–Trinajstić information content (AvgIpc) is 2.97. The van der Waals surface area contributed by atoms with Gasteiger partial charge in [-0.1, -0.05) is 12.1 Å². The Bertz CT molecular complexity index is 666. The van der Waals surface area contributed by atoms with E-state index < -0.39 is 0 Å². The lowest BCUT2D eigenvalue weighted by Crippen LogP contribution is -2.44. The predicted molar refractivity (Wildman–Crippen MR) is 102 cm³/mol. The summed E-state index contributed by atoms with van der Waals surface area (Å²) in [5.41, 5.74) is 3.23. The van der Waals surface area contributed by atoms with Crippen molar-refractivity contribution in [3.8, 4) is 0 Å². The Morgan fingerprint density at radius 1 is 1.33 bits per heavy atom. The lowest BCUT2D eigenvalue weighted by Gasteiger charge is -2.31. The number of para-hydroxylation sites is 1. The fourth-order valence-electron chi connectivity index (χ4n) is 3.15. The molecule has 1 fully saturated rings. The van der Waals surface area contributed by atoms with E-state index in [0.717, 1.165) is 42.8 Å². The Hall–Kier alpha value is -1.30. The van der Waals surface area contributed by atoms with Gasteiger partial charge in [0.1, 0.15) is 5.82 Å². The fraction of sp³-hybridized carbons (Fsp3) is 0.529. The monoisotopic (exact) mass is 372 g/mol. The SMILES string of the molecule is CNC1CCN(C(=O)CCc2nc3c(C)cccc3[nH]2)CC1.Cl.Cl. The number of hydrogen-bond acceptors (Lipinski definition) is 3. The highest BCUT2D eigenvalue weighted by Crippen LogP contribution is 2.17. The molecular formula is C17H26Cl2N4O. The summed E-state index contributed by atoms with van der Waals surface area (Å²) in [6, 6.07) is 6.67. The standard InChI is InChI=1S/C17H24N4O.2ClH/c1-12-4-3-5-14-17(12)20-15(19-14)6-7-16(22)21-10-8-13(18-2)9-11-21;;/h3-5,13,18H,6-11H2,1-2H3,(H,19,20);2*1H. The largest absolute Gasteiger partial charge is 0.343 e. The number of aryl methyl sites for hydroxylation is 2. The van der Waals surface area contributed by atoms with E-state index in [1.807, 2.05) is 24.1 Å². The van der Waals surface area contributed by atoms with E-state index in [1.165, 1.54) is 5.56 Å². The first-order valence-corrected chi connectivity index (χ1v) is 8.06. The van der Waals surface area contributed by atoms with Crippen molar-refractivity contribution < 1.29 is 4.79 Å². The second-order valence-corrected chi connectivity index (χ2v) is 6.10. The molecule has 2 aromatic rings. The van der Waals surface area contributed by atoms with E-state index in [2.05, 4.69) is 28.3 Å². The molecule has 0 spiro atoms. The molecule has 3 rings (SSSR count). The van der Waals surface area contributed by atoms with Gasteiger partial charge in [-0.3, -0.25) is 4.79 Å². The Labute approximate surface area is 155 Å². The van der Waals surface area contributed by atoms with Crippen LogP contribution in [-0.4, -0.2) is 47.0 Å². The number of rotatable bonds is 4. The number of aromatic amines is 1. The van der Waals surface area contributed by atoms with Crippen molar-refractivity contribution in [3.63, 3.8) is 0 Å². The topological polar surface area (TPSA) is 61.0 Å². The van der Waals surface area contributed by atoms with Crippen LogP contribution >= 0.6 is 24.8 Å². The van der Waals surface area contributed by atoms with Gasteiger partial charge in [-0.2, -0.15) is 0 Å². The molecule has 1 amide bonds. The van der Waals surface area contributed by atoms with Gasteiger partial charge in [0.25, 0.3) is 0 Å². The number of aromatic nitrogens is 2. The van der Waals surface area contributed by atoms with Gasteiger partial charge in [0.05, 0.1) is 11.0 Å². The van der Waals surface area contributed by atoms with Crippen molar-refractivity contribution in [2.45, 2.75) is 38.6 Å². The molecule has 1 aromatic heterocycles. The first-order valence-electron chi connectivity index (χ1n) is 8.06. The molecule has 134 valence electrons. The maximum atomic E-state index is 12.3. The Morgan fingerprint density at radius 2 is 2.04 bits per heavy atom. The van der Waals surface area contributed by atoms with E-state index in [0.29, 0.717) is 18.9 Å². The predicted octanol–water partition coefficient (Wildman–Crippen LogP) is 2.86. The van der Waals surface area contributed by atoms with E-state index in [1.54, 1.807) is 0 Å². The molecule has 0 bridgehead atoms. The molecule has 0 saturated carbocycles. The summed E-state index contributed by atoms with van der Waals surface area (Å²) in [5.74, 6) is 1.15. The molecule has 5 nitrogen and oxygen atoms in total. The van der Waals surface area contributed by atoms with Crippen LogP contribution in [0.25, 0.3) is 11.0 Å². The fourth-order valence-corrected chi connectivity index (χ4v) is 3.15. The summed E-state index contributed by atoms with van der Waals surface area (Å²) in [5, 5.41) is 3.29. The molecule has 1 aliphatic heterocycles. The average molecular weight is 373 g/mol. The van der Waals surface area contributed by atoms with Gasteiger partial charge in [-0.05, 0) is 38.4 Å². The molecular weight excluding hydrogens is 347 g/mol. The van der Waals surface area contributed by atoms with Crippen molar-refractivity contribution in [1.29, 1.82) is 0 Å². The minimum atomic E-state index is 0. The van der Waals surface area contributed by atoms with E-state index in [-0.39, 0.29) is 30.7 Å². The number of carbonyl (C=O) groups is 1. The zero-order valence-electron chi connectivity index (χ0n) is 14.2. The summed E-state index contributed by atoms with van der Waals surface area (Å²) < 4.78 is 0. The van der Waals surface area contributed by atoms with Crippen LogP contribution in [0.5, 0.6) is 0 Å². The van der Waals surface area contributed by atoms with E-state index in [9.17, 15) is 4.79 Å². The molecule has 0 unspecified atom stereocenters. The molecule has 0 aliphatic carbocycles. The van der Waals surface area contributed by atoms with Crippen LogP contribution in [-0.2, 0) is 11.2 Å². The highest BCUT2D eigenvalue weighted by molar-refractivity contribution is 5.85. The highest BCUT2D eigenvalue weighted by atomic mass is 35.5. The number of piperidine rings is 1. The van der Waals surface area contributed by atoms with Crippen LogP contribution in [0.4, 0.5) is 0 Å². The number of likely N-dealkylation sites (tertiary alicyclic amines) is 1. The Morgan fingerprint density at radius 3 is 2.67 bits per heavy atom. The molecule has 7 heteroatoms. The third-order valence-electron chi connectivity index (χ3n) is 4.60. The Balaban J connectivity index is 0.00000144. The maximum absolute atomic E-state index is 12.3. The van der Waals surface area contributed by atoms with Crippen LogP contribution < -0.4 is 5.32 Å². The van der Waals surface area contributed by atoms with Crippen molar-refractivity contribution in [1.82, 2.24) is 20.2 Å². The van der Waals surface area contributed by atoms with Gasteiger partial charge in [0.2, 0.25) is 5.91 Å². The zero-order valence-corrected chi connectivity index (χ0v) is 15.8. The van der Waals surface area contributed by atoms with E-state index in [4.69, 9.17) is 0 Å². The smallest absolute Gasteiger partial charge is 0.223 e. The number of H-pyrrole nitrogens is 1. The van der Waals surface area contributed by atoms with Gasteiger partial charge in [-0.25, -0.2) is 4.98 Å². The third kappa shape index (κ3) is 4.62. The zero-order chi connectivity index (χ0) is 15.5.